The Labute approximate surface area is 253 Å². The number of ether oxygens (including phenoxy) is 1. The second-order valence-electron chi connectivity index (χ2n) is 12.1. The van der Waals surface area contributed by atoms with E-state index in [1.54, 1.807) is 0 Å². The topological polar surface area (TPSA) is 65.1 Å². The van der Waals surface area contributed by atoms with E-state index in [1.807, 2.05) is 41.3 Å². The van der Waals surface area contributed by atoms with Gasteiger partial charge in [-0.1, -0.05) is 60.3 Å². The lowest BCUT2D eigenvalue weighted by atomic mass is 9.83. The molecule has 1 N–H and O–H groups in total. The number of para-hydroxylation sites is 1. The second-order valence-corrected chi connectivity index (χ2v) is 12.9. The van der Waals surface area contributed by atoms with Crippen LogP contribution in [0.3, 0.4) is 0 Å². The maximum absolute atomic E-state index is 13.1. The number of benzene rings is 2. The number of piperidine rings is 2. The van der Waals surface area contributed by atoms with Crippen LogP contribution in [0.2, 0.25) is 10.0 Å². The molecule has 4 aliphatic rings. The number of rotatable bonds is 7. The average Bonchev–Trinajstić information content (AvgIpc) is 3.65. The molecular formula is C32H40Cl2N4O3. The van der Waals surface area contributed by atoms with Gasteiger partial charge in [0.1, 0.15) is 5.54 Å². The highest BCUT2D eigenvalue weighted by Gasteiger charge is 2.50. The third-order valence-corrected chi connectivity index (χ3v) is 10.6. The molecule has 3 saturated heterocycles. The van der Waals surface area contributed by atoms with Gasteiger partial charge in [0.2, 0.25) is 11.8 Å². The van der Waals surface area contributed by atoms with Crippen LogP contribution in [0, 0.1) is 5.92 Å². The summed E-state index contributed by atoms with van der Waals surface area (Å²) in [5.41, 5.74) is 1.12. The van der Waals surface area contributed by atoms with E-state index >= 15 is 0 Å². The van der Waals surface area contributed by atoms with Gasteiger partial charge in [0.15, 0.2) is 0 Å². The number of hydrogen-bond acceptors (Lipinski definition) is 5. The zero-order valence-corrected chi connectivity index (χ0v) is 25.1. The predicted molar refractivity (Wildman–Crippen MR) is 162 cm³/mol. The van der Waals surface area contributed by atoms with Crippen LogP contribution in [0.25, 0.3) is 0 Å². The van der Waals surface area contributed by atoms with E-state index in [9.17, 15) is 9.59 Å². The first-order valence-corrected chi connectivity index (χ1v) is 15.9. The Hall–Kier alpha value is -2.32. The number of nitrogens with zero attached hydrogens (tertiary/aromatic N) is 3. The highest BCUT2D eigenvalue weighted by atomic mass is 35.5. The minimum atomic E-state index is -0.507. The minimum absolute atomic E-state index is 0.134. The number of likely N-dealkylation sites (tertiary alicyclic amines) is 2. The van der Waals surface area contributed by atoms with Gasteiger partial charge in [0, 0.05) is 44.3 Å². The first-order chi connectivity index (χ1) is 19.9. The molecule has 6 rings (SSSR count). The summed E-state index contributed by atoms with van der Waals surface area (Å²) < 4.78 is 6.77. The molecule has 3 heterocycles. The van der Waals surface area contributed by atoms with E-state index in [4.69, 9.17) is 27.9 Å². The van der Waals surface area contributed by atoms with E-state index in [1.165, 1.54) is 0 Å². The Bertz CT molecular complexity index is 1240. The molecule has 9 heteroatoms. The zero-order chi connectivity index (χ0) is 28.5. The fourth-order valence-corrected chi connectivity index (χ4v) is 7.66. The molecule has 1 saturated carbocycles. The number of carbonyl (C=O) groups is 2. The van der Waals surface area contributed by atoms with E-state index in [-0.39, 0.29) is 11.8 Å². The number of amides is 2. The van der Waals surface area contributed by atoms with Crippen molar-refractivity contribution in [3.05, 3.63) is 64.1 Å². The molecule has 2 aromatic carbocycles. The predicted octanol–water partition coefficient (Wildman–Crippen LogP) is 5.45. The molecule has 1 spiro atoms. The Morgan fingerprint density at radius 2 is 1.63 bits per heavy atom. The van der Waals surface area contributed by atoms with Gasteiger partial charge in [-0.25, -0.2) is 0 Å². The van der Waals surface area contributed by atoms with Gasteiger partial charge in [0.05, 0.1) is 28.9 Å². The monoisotopic (exact) mass is 598 g/mol. The van der Waals surface area contributed by atoms with Crippen LogP contribution in [-0.4, -0.2) is 73.2 Å². The van der Waals surface area contributed by atoms with Crippen molar-refractivity contribution in [3.8, 4) is 0 Å². The highest BCUT2D eigenvalue weighted by Crippen LogP contribution is 2.41. The first kappa shape index (κ1) is 28.8. The van der Waals surface area contributed by atoms with Crippen molar-refractivity contribution in [2.45, 2.75) is 62.5 Å². The lowest BCUT2D eigenvalue weighted by Gasteiger charge is -2.45. The van der Waals surface area contributed by atoms with E-state index in [0.717, 1.165) is 82.3 Å². The summed E-state index contributed by atoms with van der Waals surface area (Å²) in [6, 6.07) is 16.0. The fraction of sp³-hybridized carbons (Fsp3) is 0.562. The Morgan fingerprint density at radius 3 is 2.32 bits per heavy atom. The first-order valence-electron chi connectivity index (χ1n) is 15.1. The van der Waals surface area contributed by atoms with E-state index in [2.05, 4.69) is 27.2 Å². The SMILES string of the molecule is O=C(C1CCCC1)N1CCC(OCCN2CCC3(CC2)C(=O)NCN3c2ccccc2)(c2ccc(Cl)c(Cl)c2)CC1. The van der Waals surface area contributed by atoms with Crippen molar-refractivity contribution in [2.75, 3.05) is 50.9 Å². The molecule has 2 aromatic rings. The Kier molecular flexibility index (Phi) is 8.51. The van der Waals surface area contributed by atoms with Crippen molar-refractivity contribution in [1.29, 1.82) is 0 Å². The van der Waals surface area contributed by atoms with Gasteiger partial charge in [-0.3, -0.25) is 9.59 Å². The lowest BCUT2D eigenvalue weighted by molar-refractivity contribution is -0.144. The molecule has 1 aliphatic carbocycles. The summed E-state index contributed by atoms with van der Waals surface area (Å²) in [5, 5.41) is 4.14. The van der Waals surface area contributed by atoms with Crippen LogP contribution in [0.4, 0.5) is 5.69 Å². The Morgan fingerprint density at radius 1 is 0.927 bits per heavy atom. The summed E-state index contributed by atoms with van der Waals surface area (Å²) in [6.45, 7) is 4.96. The van der Waals surface area contributed by atoms with Crippen LogP contribution in [-0.2, 0) is 19.9 Å². The number of carbonyl (C=O) groups excluding carboxylic acids is 2. The van der Waals surface area contributed by atoms with Crippen LogP contribution in [0.15, 0.2) is 48.5 Å². The average molecular weight is 600 g/mol. The molecule has 0 bridgehead atoms. The van der Waals surface area contributed by atoms with Crippen LogP contribution in [0.1, 0.15) is 56.9 Å². The quantitative estimate of drug-likeness (QED) is 0.459. The lowest BCUT2D eigenvalue weighted by Crippen LogP contribution is -2.56. The molecule has 3 aliphatic heterocycles. The minimum Gasteiger partial charge on any atom is -0.369 e. The normalized spacial score (nSPS) is 22.8. The van der Waals surface area contributed by atoms with Gasteiger partial charge >= 0.3 is 0 Å². The van der Waals surface area contributed by atoms with Gasteiger partial charge in [-0.2, -0.15) is 0 Å². The van der Waals surface area contributed by atoms with E-state index < -0.39 is 11.1 Å². The van der Waals surface area contributed by atoms with Crippen molar-refractivity contribution in [3.63, 3.8) is 0 Å². The third-order valence-electron chi connectivity index (χ3n) is 9.91. The number of anilines is 1. The van der Waals surface area contributed by atoms with Gasteiger partial charge in [0.25, 0.3) is 0 Å². The third kappa shape index (κ3) is 5.71. The molecule has 41 heavy (non-hydrogen) atoms. The molecule has 0 atom stereocenters. The fourth-order valence-electron chi connectivity index (χ4n) is 7.36. The standard InChI is InChI=1S/C32H40Cl2N4O3/c33-27-11-10-25(22-28(27)34)32(14-18-37(19-15-32)29(39)24-6-4-5-7-24)41-21-20-36-16-12-31(13-17-36)30(40)35-23-38(31)26-8-2-1-3-9-26/h1-3,8-11,22,24H,4-7,12-21,23H2,(H,35,40). The largest absolute Gasteiger partial charge is 0.369 e. The van der Waals surface area contributed by atoms with Crippen molar-refractivity contribution < 1.29 is 14.3 Å². The number of halogens is 2. The second kappa shape index (κ2) is 12.1. The van der Waals surface area contributed by atoms with Crippen molar-refractivity contribution in [2.24, 2.45) is 5.92 Å². The molecule has 0 unspecified atom stereocenters. The summed E-state index contributed by atoms with van der Waals surface area (Å²) in [6.07, 6.45) is 7.39. The van der Waals surface area contributed by atoms with Crippen LogP contribution in [0.5, 0.6) is 0 Å². The van der Waals surface area contributed by atoms with Crippen LogP contribution >= 0.6 is 23.2 Å². The maximum atomic E-state index is 13.1. The Balaban J connectivity index is 1.09. The molecule has 0 radical (unpaired) electrons. The summed E-state index contributed by atoms with van der Waals surface area (Å²) >= 11 is 12.7. The summed E-state index contributed by atoms with van der Waals surface area (Å²) in [5.74, 6) is 0.637. The summed E-state index contributed by atoms with van der Waals surface area (Å²) in [4.78, 5) is 32.8. The molecule has 0 aromatic heterocycles. The molecule has 7 nitrogen and oxygen atoms in total. The zero-order valence-electron chi connectivity index (χ0n) is 23.6. The van der Waals surface area contributed by atoms with E-state index in [0.29, 0.717) is 42.3 Å². The number of nitrogens with one attached hydrogen (secondary N) is 1. The van der Waals surface area contributed by atoms with Crippen molar-refractivity contribution in [1.82, 2.24) is 15.1 Å². The highest BCUT2D eigenvalue weighted by molar-refractivity contribution is 6.42. The molecule has 220 valence electrons. The molecular weight excluding hydrogens is 559 g/mol. The van der Waals surface area contributed by atoms with Crippen molar-refractivity contribution >= 4 is 40.7 Å². The molecule has 4 fully saturated rings. The maximum Gasteiger partial charge on any atom is 0.247 e. The molecule has 2 amide bonds. The smallest absolute Gasteiger partial charge is 0.247 e. The summed E-state index contributed by atoms with van der Waals surface area (Å²) in [7, 11) is 0. The van der Waals surface area contributed by atoms with Gasteiger partial charge in [-0.05, 0) is 68.4 Å². The van der Waals surface area contributed by atoms with Gasteiger partial charge < -0.3 is 24.8 Å². The number of hydrogen-bond donors (Lipinski definition) is 1. The van der Waals surface area contributed by atoms with Gasteiger partial charge in [-0.15, -0.1) is 0 Å². The van der Waals surface area contributed by atoms with Crippen LogP contribution < -0.4 is 10.2 Å².